The summed E-state index contributed by atoms with van der Waals surface area (Å²) in [5.74, 6) is 0.161. The molecule has 21 heavy (non-hydrogen) atoms. The van der Waals surface area contributed by atoms with Gasteiger partial charge in [0.2, 0.25) is 0 Å². The minimum absolute atomic E-state index is 0.161. The molecule has 1 N–H and O–H groups in total. The zero-order chi connectivity index (χ0) is 15.1. The first-order valence-electron chi connectivity index (χ1n) is 8.26. The molecule has 1 atom stereocenters. The zero-order valence-electron chi connectivity index (χ0n) is 13.3. The molecule has 0 spiro atoms. The molecular weight excluding hydrogens is 262 g/mol. The average Bonchev–Trinajstić information content (AvgIpc) is 2.53. The van der Waals surface area contributed by atoms with E-state index in [0.717, 1.165) is 56.4 Å². The fourth-order valence-corrected chi connectivity index (χ4v) is 3.04. The van der Waals surface area contributed by atoms with E-state index in [1.165, 1.54) is 6.42 Å². The standard InChI is InChI=1S/C17H27N3O/c1-3-7-14-8-5-6-12-20(14)17(21)15-9-11-18-13-16(15)19-10-4-2/h9,11,13-14,19H,3-8,10,12H2,1-2H3. The van der Waals surface area contributed by atoms with Crippen molar-refractivity contribution in [2.75, 3.05) is 18.4 Å². The van der Waals surface area contributed by atoms with Crippen LogP contribution in [-0.2, 0) is 0 Å². The highest BCUT2D eigenvalue weighted by Gasteiger charge is 2.27. The van der Waals surface area contributed by atoms with E-state index in [4.69, 9.17) is 0 Å². The van der Waals surface area contributed by atoms with Crippen molar-refractivity contribution in [1.29, 1.82) is 0 Å². The maximum Gasteiger partial charge on any atom is 0.256 e. The van der Waals surface area contributed by atoms with Crippen LogP contribution in [0.25, 0.3) is 0 Å². The van der Waals surface area contributed by atoms with Crippen molar-refractivity contribution in [2.24, 2.45) is 0 Å². The van der Waals surface area contributed by atoms with E-state index in [1.807, 2.05) is 6.07 Å². The number of anilines is 1. The number of likely N-dealkylation sites (tertiary alicyclic amines) is 1. The van der Waals surface area contributed by atoms with Crippen molar-refractivity contribution in [3.8, 4) is 0 Å². The normalized spacial score (nSPS) is 18.6. The van der Waals surface area contributed by atoms with Crippen LogP contribution in [0.4, 0.5) is 5.69 Å². The molecule has 0 aliphatic carbocycles. The van der Waals surface area contributed by atoms with Crippen molar-refractivity contribution in [2.45, 2.75) is 58.4 Å². The summed E-state index contributed by atoms with van der Waals surface area (Å²) in [5.41, 5.74) is 1.63. The van der Waals surface area contributed by atoms with Gasteiger partial charge in [0.05, 0.1) is 17.4 Å². The quantitative estimate of drug-likeness (QED) is 0.868. The molecule has 1 aliphatic heterocycles. The maximum atomic E-state index is 12.9. The van der Waals surface area contributed by atoms with Gasteiger partial charge in [0, 0.05) is 25.3 Å². The summed E-state index contributed by atoms with van der Waals surface area (Å²) in [6.07, 6.45) is 10.2. The fraction of sp³-hybridized carbons (Fsp3) is 0.647. The molecule has 1 unspecified atom stereocenters. The van der Waals surface area contributed by atoms with Gasteiger partial charge in [0.1, 0.15) is 0 Å². The van der Waals surface area contributed by atoms with Crippen molar-refractivity contribution in [3.63, 3.8) is 0 Å². The van der Waals surface area contributed by atoms with Crippen LogP contribution in [0.2, 0.25) is 0 Å². The second-order valence-corrected chi connectivity index (χ2v) is 5.78. The Morgan fingerprint density at radius 3 is 3.00 bits per heavy atom. The molecule has 0 saturated carbocycles. The molecule has 4 heteroatoms. The van der Waals surface area contributed by atoms with E-state index in [-0.39, 0.29) is 5.91 Å². The molecular formula is C17H27N3O. The Morgan fingerprint density at radius 2 is 2.24 bits per heavy atom. The number of piperidine rings is 1. The fourth-order valence-electron chi connectivity index (χ4n) is 3.04. The Balaban J connectivity index is 2.17. The van der Waals surface area contributed by atoms with Crippen LogP contribution in [0.3, 0.4) is 0 Å². The molecule has 1 aliphatic rings. The summed E-state index contributed by atoms with van der Waals surface area (Å²) in [5, 5.41) is 3.32. The second-order valence-electron chi connectivity index (χ2n) is 5.78. The lowest BCUT2D eigenvalue weighted by molar-refractivity contribution is 0.0601. The molecule has 1 saturated heterocycles. The van der Waals surface area contributed by atoms with E-state index in [0.29, 0.717) is 6.04 Å². The van der Waals surface area contributed by atoms with Gasteiger partial charge in [0.25, 0.3) is 5.91 Å². The van der Waals surface area contributed by atoms with Gasteiger partial charge in [-0.1, -0.05) is 20.3 Å². The van der Waals surface area contributed by atoms with Gasteiger partial charge in [-0.05, 0) is 38.2 Å². The molecule has 1 aromatic heterocycles. The summed E-state index contributed by atoms with van der Waals surface area (Å²) in [6, 6.07) is 2.25. The van der Waals surface area contributed by atoms with E-state index in [1.54, 1.807) is 12.4 Å². The molecule has 1 amide bonds. The summed E-state index contributed by atoms with van der Waals surface area (Å²) >= 11 is 0. The number of hydrogen-bond acceptors (Lipinski definition) is 3. The van der Waals surface area contributed by atoms with Crippen LogP contribution in [0.5, 0.6) is 0 Å². The van der Waals surface area contributed by atoms with Gasteiger partial charge >= 0.3 is 0 Å². The summed E-state index contributed by atoms with van der Waals surface area (Å²) in [6.45, 7) is 6.06. The first kappa shape index (κ1) is 15.8. The maximum absolute atomic E-state index is 12.9. The lowest BCUT2D eigenvalue weighted by Crippen LogP contribution is -2.43. The topological polar surface area (TPSA) is 45.2 Å². The minimum atomic E-state index is 0.161. The van der Waals surface area contributed by atoms with E-state index in [9.17, 15) is 4.79 Å². The SMILES string of the molecule is CCCNc1cnccc1C(=O)N1CCCCC1CCC. The summed E-state index contributed by atoms with van der Waals surface area (Å²) < 4.78 is 0. The third-order valence-electron chi connectivity index (χ3n) is 4.13. The molecule has 0 bridgehead atoms. The molecule has 2 rings (SSSR count). The van der Waals surface area contributed by atoms with Gasteiger partial charge in [0.15, 0.2) is 0 Å². The molecule has 0 aromatic carbocycles. The van der Waals surface area contributed by atoms with Gasteiger partial charge < -0.3 is 10.2 Å². The highest BCUT2D eigenvalue weighted by Crippen LogP contribution is 2.25. The first-order valence-corrected chi connectivity index (χ1v) is 8.26. The number of pyridine rings is 1. The largest absolute Gasteiger partial charge is 0.383 e. The van der Waals surface area contributed by atoms with Crippen LogP contribution in [-0.4, -0.2) is 34.9 Å². The highest BCUT2D eigenvalue weighted by molar-refractivity contribution is 5.99. The first-order chi connectivity index (χ1) is 10.3. The molecule has 1 aromatic rings. The van der Waals surface area contributed by atoms with Crippen molar-refractivity contribution in [3.05, 3.63) is 24.0 Å². The predicted molar refractivity (Wildman–Crippen MR) is 86.6 cm³/mol. The number of aromatic nitrogens is 1. The van der Waals surface area contributed by atoms with Crippen LogP contribution < -0.4 is 5.32 Å². The monoisotopic (exact) mass is 289 g/mol. The number of nitrogens with zero attached hydrogens (tertiary/aromatic N) is 2. The minimum Gasteiger partial charge on any atom is -0.383 e. The second kappa shape index (κ2) is 8.01. The molecule has 0 radical (unpaired) electrons. The number of carbonyl (C=O) groups is 1. The van der Waals surface area contributed by atoms with Gasteiger partial charge in [-0.2, -0.15) is 0 Å². The Labute approximate surface area is 127 Å². The van der Waals surface area contributed by atoms with E-state index >= 15 is 0 Å². The predicted octanol–water partition coefficient (Wildman–Crippen LogP) is 3.70. The smallest absolute Gasteiger partial charge is 0.256 e. The van der Waals surface area contributed by atoms with Crippen molar-refractivity contribution in [1.82, 2.24) is 9.88 Å². The van der Waals surface area contributed by atoms with Crippen molar-refractivity contribution >= 4 is 11.6 Å². The van der Waals surface area contributed by atoms with Crippen LogP contribution in [0.1, 0.15) is 62.7 Å². The van der Waals surface area contributed by atoms with Crippen LogP contribution in [0.15, 0.2) is 18.5 Å². The Hall–Kier alpha value is -1.58. The number of carbonyl (C=O) groups excluding carboxylic acids is 1. The number of rotatable bonds is 6. The average molecular weight is 289 g/mol. The lowest BCUT2D eigenvalue weighted by atomic mass is 9.97. The van der Waals surface area contributed by atoms with Crippen LogP contribution >= 0.6 is 0 Å². The molecule has 2 heterocycles. The van der Waals surface area contributed by atoms with Gasteiger partial charge in [-0.3, -0.25) is 9.78 Å². The zero-order valence-corrected chi connectivity index (χ0v) is 13.3. The lowest BCUT2D eigenvalue weighted by Gasteiger charge is -2.36. The molecule has 4 nitrogen and oxygen atoms in total. The molecule has 116 valence electrons. The highest BCUT2D eigenvalue weighted by atomic mass is 16.2. The third kappa shape index (κ3) is 3.96. The summed E-state index contributed by atoms with van der Waals surface area (Å²) in [4.78, 5) is 19.2. The number of nitrogens with one attached hydrogen (secondary N) is 1. The summed E-state index contributed by atoms with van der Waals surface area (Å²) in [7, 11) is 0. The van der Waals surface area contributed by atoms with Crippen molar-refractivity contribution < 1.29 is 4.79 Å². The Morgan fingerprint density at radius 1 is 1.38 bits per heavy atom. The van der Waals surface area contributed by atoms with Crippen LogP contribution in [0, 0.1) is 0 Å². The Bertz CT molecular complexity index is 459. The number of amides is 1. The van der Waals surface area contributed by atoms with Gasteiger partial charge in [-0.15, -0.1) is 0 Å². The van der Waals surface area contributed by atoms with E-state index in [2.05, 4.69) is 29.0 Å². The molecule has 1 fully saturated rings. The number of hydrogen-bond donors (Lipinski definition) is 1. The van der Waals surface area contributed by atoms with E-state index < -0.39 is 0 Å². The third-order valence-corrected chi connectivity index (χ3v) is 4.13. The van der Waals surface area contributed by atoms with Gasteiger partial charge in [-0.25, -0.2) is 0 Å². The Kier molecular flexibility index (Phi) is 6.03.